The van der Waals surface area contributed by atoms with E-state index in [-0.39, 0.29) is 18.4 Å². The fourth-order valence-corrected chi connectivity index (χ4v) is 3.68. The van der Waals surface area contributed by atoms with Gasteiger partial charge < -0.3 is 14.8 Å². The number of nitrogens with one attached hydrogen (secondary N) is 1. The van der Waals surface area contributed by atoms with E-state index in [0.717, 1.165) is 22.0 Å². The maximum absolute atomic E-state index is 12.2. The third kappa shape index (κ3) is 4.40. The minimum absolute atomic E-state index is 0.0922. The minimum Gasteiger partial charge on any atom is -0.486 e. The van der Waals surface area contributed by atoms with Crippen molar-refractivity contribution in [3.63, 3.8) is 0 Å². The van der Waals surface area contributed by atoms with E-state index < -0.39 is 0 Å². The number of halogens is 1. The SMILES string of the molecule is O=C(Cc1csc(-c2ccc(Cl)cc2)n1)NCC1COc2ccccc2O1. The van der Waals surface area contributed by atoms with Gasteiger partial charge in [0.05, 0.1) is 18.7 Å². The second-order valence-corrected chi connectivity index (χ2v) is 7.42. The Morgan fingerprint density at radius 2 is 1.96 bits per heavy atom. The molecular weight excluding hydrogens is 384 g/mol. The summed E-state index contributed by atoms with van der Waals surface area (Å²) in [6, 6.07) is 15.0. The highest BCUT2D eigenvalue weighted by Crippen LogP contribution is 2.30. The van der Waals surface area contributed by atoms with Gasteiger partial charge in [0, 0.05) is 16.0 Å². The number of benzene rings is 2. The van der Waals surface area contributed by atoms with E-state index >= 15 is 0 Å². The first kappa shape index (κ1) is 17.8. The highest BCUT2D eigenvalue weighted by molar-refractivity contribution is 7.13. The lowest BCUT2D eigenvalue weighted by Gasteiger charge is -2.26. The van der Waals surface area contributed by atoms with Crippen LogP contribution in [0.1, 0.15) is 5.69 Å². The molecule has 1 atom stereocenters. The molecule has 1 aliphatic rings. The van der Waals surface area contributed by atoms with Crippen LogP contribution in [-0.2, 0) is 11.2 Å². The summed E-state index contributed by atoms with van der Waals surface area (Å²) in [5, 5.41) is 6.35. The lowest BCUT2D eigenvalue weighted by molar-refractivity contribution is -0.121. The molecule has 0 spiro atoms. The molecule has 5 nitrogen and oxygen atoms in total. The number of aromatic nitrogens is 1. The fourth-order valence-electron chi connectivity index (χ4n) is 2.73. The predicted molar refractivity (Wildman–Crippen MR) is 106 cm³/mol. The molecule has 0 bridgehead atoms. The van der Waals surface area contributed by atoms with E-state index in [0.29, 0.717) is 23.9 Å². The zero-order valence-corrected chi connectivity index (χ0v) is 15.9. The lowest BCUT2D eigenvalue weighted by atomic mass is 10.2. The fraction of sp³-hybridized carbons (Fsp3) is 0.200. The normalized spacial score (nSPS) is 15.4. The van der Waals surface area contributed by atoms with Crippen LogP contribution in [0.15, 0.2) is 53.9 Å². The van der Waals surface area contributed by atoms with Crippen LogP contribution in [0.5, 0.6) is 11.5 Å². The van der Waals surface area contributed by atoms with Crippen LogP contribution in [0.4, 0.5) is 0 Å². The molecule has 0 saturated carbocycles. The van der Waals surface area contributed by atoms with Crippen molar-refractivity contribution in [2.75, 3.05) is 13.2 Å². The van der Waals surface area contributed by atoms with Crippen molar-refractivity contribution in [2.45, 2.75) is 12.5 Å². The summed E-state index contributed by atoms with van der Waals surface area (Å²) in [6.45, 7) is 0.802. The maximum atomic E-state index is 12.2. The van der Waals surface area contributed by atoms with E-state index in [9.17, 15) is 4.79 Å². The summed E-state index contributed by atoms with van der Waals surface area (Å²) in [6.07, 6.45) is 0.0257. The molecule has 1 unspecified atom stereocenters. The topological polar surface area (TPSA) is 60.5 Å². The van der Waals surface area contributed by atoms with E-state index in [1.165, 1.54) is 11.3 Å². The number of nitrogens with zero attached hydrogens (tertiary/aromatic N) is 1. The lowest BCUT2D eigenvalue weighted by Crippen LogP contribution is -2.41. The van der Waals surface area contributed by atoms with Crippen LogP contribution in [-0.4, -0.2) is 30.1 Å². The molecule has 138 valence electrons. The molecule has 1 amide bonds. The van der Waals surface area contributed by atoms with Gasteiger partial charge in [-0.25, -0.2) is 4.98 Å². The third-order valence-corrected chi connectivity index (χ3v) is 5.27. The van der Waals surface area contributed by atoms with Crippen LogP contribution < -0.4 is 14.8 Å². The zero-order chi connectivity index (χ0) is 18.6. The Kier molecular flexibility index (Phi) is 5.27. The van der Waals surface area contributed by atoms with Gasteiger partial charge in [-0.1, -0.05) is 35.9 Å². The Hall–Kier alpha value is -2.57. The number of thiazole rings is 1. The van der Waals surface area contributed by atoms with Gasteiger partial charge in [-0.15, -0.1) is 11.3 Å². The third-order valence-electron chi connectivity index (χ3n) is 4.08. The molecular formula is C20H17ClN2O3S. The molecule has 7 heteroatoms. The van der Waals surface area contributed by atoms with Crippen LogP contribution in [0.2, 0.25) is 5.02 Å². The quantitative estimate of drug-likeness (QED) is 0.704. The summed E-state index contributed by atoms with van der Waals surface area (Å²) >= 11 is 7.42. The van der Waals surface area contributed by atoms with Gasteiger partial charge in [0.15, 0.2) is 11.5 Å². The summed E-state index contributed by atoms with van der Waals surface area (Å²) in [5.74, 6) is 1.35. The van der Waals surface area contributed by atoms with Gasteiger partial charge in [-0.3, -0.25) is 4.79 Å². The number of hydrogen-bond acceptors (Lipinski definition) is 5. The highest BCUT2D eigenvalue weighted by Gasteiger charge is 2.21. The molecule has 0 fully saturated rings. The van der Waals surface area contributed by atoms with Gasteiger partial charge in [-0.2, -0.15) is 0 Å². The monoisotopic (exact) mass is 400 g/mol. The highest BCUT2D eigenvalue weighted by atomic mass is 35.5. The number of carbonyl (C=O) groups excluding carboxylic acids is 1. The van der Waals surface area contributed by atoms with Crippen molar-refractivity contribution in [3.05, 3.63) is 64.6 Å². The van der Waals surface area contributed by atoms with Crippen LogP contribution in [0.3, 0.4) is 0 Å². The second-order valence-electron chi connectivity index (χ2n) is 6.13. The number of rotatable bonds is 5. The Labute approximate surface area is 165 Å². The molecule has 2 heterocycles. The molecule has 2 aromatic carbocycles. The van der Waals surface area contributed by atoms with Crippen molar-refractivity contribution >= 4 is 28.8 Å². The van der Waals surface area contributed by atoms with Gasteiger partial charge in [-0.05, 0) is 24.3 Å². The molecule has 27 heavy (non-hydrogen) atoms. The van der Waals surface area contributed by atoms with Crippen LogP contribution in [0, 0.1) is 0 Å². The standard InChI is InChI=1S/C20H17ClN2O3S/c21-14-7-5-13(6-8-14)20-23-15(12-27-20)9-19(24)22-10-16-11-25-17-3-1-2-4-18(17)26-16/h1-8,12,16H,9-11H2,(H,22,24). The minimum atomic E-state index is -0.205. The van der Waals surface area contributed by atoms with E-state index in [2.05, 4.69) is 10.3 Å². The first-order valence-corrected chi connectivity index (χ1v) is 9.78. The molecule has 3 aromatic rings. The van der Waals surface area contributed by atoms with Gasteiger partial charge >= 0.3 is 0 Å². The number of hydrogen-bond donors (Lipinski definition) is 1. The number of ether oxygens (including phenoxy) is 2. The summed E-state index contributed by atoms with van der Waals surface area (Å²) < 4.78 is 11.5. The predicted octanol–water partition coefficient (Wildman–Crippen LogP) is 3.96. The first-order valence-electron chi connectivity index (χ1n) is 8.53. The van der Waals surface area contributed by atoms with Gasteiger partial charge in [0.1, 0.15) is 17.7 Å². The smallest absolute Gasteiger partial charge is 0.226 e. The molecule has 0 aliphatic carbocycles. The number of para-hydroxylation sites is 2. The zero-order valence-electron chi connectivity index (χ0n) is 14.4. The molecule has 1 aromatic heterocycles. The van der Waals surface area contributed by atoms with Crippen LogP contribution in [0.25, 0.3) is 10.6 Å². The average molecular weight is 401 g/mol. The van der Waals surface area contributed by atoms with Crippen molar-refractivity contribution in [2.24, 2.45) is 0 Å². The number of fused-ring (bicyclic) bond motifs is 1. The van der Waals surface area contributed by atoms with Crippen molar-refractivity contribution in [1.82, 2.24) is 10.3 Å². The first-order chi connectivity index (χ1) is 13.2. The van der Waals surface area contributed by atoms with Gasteiger partial charge in [0.25, 0.3) is 0 Å². The van der Waals surface area contributed by atoms with Crippen molar-refractivity contribution < 1.29 is 14.3 Å². The second kappa shape index (κ2) is 7.98. The summed E-state index contributed by atoms with van der Waals surface area (Å²) in [4.78, 5) is 16.8. The maximum Gasteiger partial charge on any atom is 0.226 e. The number of carbonyl (C=O) groups is 1. The molecule has 0 radical (unpaired) electrons. The largest absolute Gasteiger partial charge is 0.486 e. The molecule has 0 saturated heterocycles. The molecule has 4 rings (SSSR count). The Bertz CT molecular complexity index is 942. The summed E-state index contributed by atoms with van der Waals surface area (Å²) in [5.41, 5.74) is 1.73. The number of amides is 1. The van der Waals surface area contributed by atoms with Gasteiger partial charge in [0.2, 0.25) is 5.91 Å². The Morgan fingerprint density at radius 3 is 2.78 bits per heavy atom. The average Bonchev–Trinajstić information content (AvgIpc) is 3.15. The van der Waals surface area contributed by atoms with E-state index in [1.54, 1.807) is 0 Å². The van der Waals surface area contributed by atoms with E-state index in [1.807, 2.05) is 53.9 Å². The molecule has 1 N–H and O–H groups in total. The van der Waals surface area contributed by atoms with E-state index in [4.69, 9.17) is 21.1 Å². The van der Waals surface area contributed by atoms with Crippen molar-refractivity contribution in [1.29, 1.82) is 0 Å². The Morgan fingerprint density at radius 1 is 1.19 bits per heavy atom. The van der Waals surface area contributed by atoms with Crippen LogP contribution >= 0.6 is 22.9 Å². The summed E-state index contributed by atoms with van der Waals surface area (Å²) in [7, 11) is 0. The van der Waals surface area contributed by atoms with Crippen molar-refractivity contribution in [3.8, 4) is 22.1 Å². The molecule has 1 aliphatic heterocycles. The Balaban J connectivity index is 1.29.